The van der Waals surface area contributed by atoms with Crippen LogP contribution in [0, 0.1) is 5.82 Å². The first kappa shape index (κ1) is 14.7. The number of fused-ring (bicyclic) bond motifs is 1. The zero-order chi connectivity index (χ0) is 15.7. The summed E-state index contributed by atoms with van der Waals surface area (Å²) in [7, 11) is 1.82. The first-order chi connectivity index (χ1) is 10.6. The number of rotatable bonds is 3. The Bertz CT molecular complexity index is 836. The van der Waals surface area contributed by atoms with Gasteiger partial charge in [0.2, 0.25) is 0 Å². The maximum absolute atomic E-state index is 13.5. The SMILES string of the molecule is CN[C@@H](C)c1nc2ccc(F)cc2c(=O)n1C1=CCCC=C1. The molecule has 0 bridgehead atoms. The first-order valence-corrected chi connectivity index (χ1v) is 7.38. The molecule has 0 fully saturated rings. The van der Waals surface area contributed by atoms with E-state index in [1.165, 1.54) is 12.1 Å². The van der Waals surface area contributed by atoms with Crippen LogP contribution in [0.5, 0.6) is 0 Å². The number of allylic oxidation sites excluding steroid dienone is 4. The van der Waals surface area contributed by atoms with E-state index >= 15 is 0 Å². The monoisotopic (exact) mass is 299 g/mol. The summed E-state index contributed by atoms with van der Waals surface area (Å²) >= 11 is 0. The highest BCUT2D eigenvalue weighted by molar-refractivity contribution is 5.79. The summed E-state index contributed by atoms with van der Waals surface area (Å²) < 4.78 is 15.1. The van der Waals surface area contributed by atoms with E-state index in [0.29, 0.717) is 16.7 Å². The highest BCUT2D eigenvalue weighted by Crippen LogP contribution is 2.21. The van der Waals surface area contributed by atoms with Gasteiger partial charge in [-0.15, -0.1) is 0 Å². The third kappa shape index (κ3) is 2.48. The molecule has 1 heterocycles. The zero-order valence-electron chi connectivity index (χ0n) is 12.6. The van der Waals surface area contributed by atoms with E-state index in [0.717, 1.165) is 18.5 Å². The van der Waals surface area contributed by atoms with Gasteiger partial charge >= 0.3 is 0 Å². The Kier molecular flexibility index (Phi) is 3.90. The third-order valence-corrected chi connectivity index (χ3v) is 3.91. The Balaban J connectivity index is 2.35. The molecular formula is C17H18FN3O. The smallest absolute Gasteiger partial charge is 0.266 e. The zero-order valence-corrected chi connectivity index (χ0v) is 12.6. The number of aromatic nitrogens is 2. The normalized spacial score (nSPS) is 15.9. The molecule has 3 rings (SSSR count). The lowest BCUT2D eigenvalue weighted by Gasteiger charge is -2.19. The summed E-state index contributed by atoms with van der Waals surface area (Å²) in [6.07, 6.45) is 7.81. The molecule has 1 aromatic carbocycles. The lowest BCUT2D eigenvalue weighted by Crippen LogP contribution is -2.29. The van der Waals surface area contributed by atoms with Gasteiger partial charge in [-0.25, -0.2) is 9.37 Å². The van der Waals surface area contributed by atoms with Crippen molar-refractivity contribution in [2.45, 2.75) is 25.8 Å². The summed E-state index contributed by atoms with van der Waals surface area (Å²) in [4.78, 5) is 17.5. The molecule has 4 nitrogen and oxygen atoms in total. The minimum Gasteiger partial charge on any atom is -0.311 e. The van der Waals surface area contributed by atoms with Crippen LogP contribution in [-0.4, -0.2) is 16.6 Å². The number of halogens is 1. The minimum atomic E-state index is -0.430. The molecule has 5 heteroatoms. The quantitative estimate of drug-likeness (QED) is 0.947. The number of hydrogen-bond acceptors (Lipinski definition) is 3. The maximum Gasteiger partial charge on any atom is 0.266 e. The van der Waals surface area contributed by atoms with E-state index in [1.807, 2.05) is 32.2 Å². The molecular weight excluding hydrogens is 281 g/mol. The predicted molar refractivity (Wildman–Crippen MR) is 86.1 cm³/mol. The molecule has 1 N–H and O–H groups in total. The Morgan fingerprint density at radius 3 is 2.86 bits per heavy atom. The highest BCUT2D eigenvalue weighted by Gasteiger charge is 2.18. The van der Waals surface area contributed by atoms with Crippen molar-refractivity contribution in [3.63, 3.8) is 0 Å². The van der Waals surface area contributed by atoms with Crippen LogP contribution < -0.4 is 10.9 Å². The van der Waals surface area contributed by atoms with Crippen molar-refractivity contribution >= 4 is 16.6 Å². The molecule has 0 saturated carbocycles. The fraction of sp³-hybridized carbons (Fsp3) is 0.294. The molecule has 1 atom stereocenters. The molecule has 1 aromatic heterocycles. The van der Waals surface area contributed by atoms with Gasteiger partial charge in [-0.1, -0.05) is 12.2 Å². The second-order valence-corrected chi connectivity index (χ2v) is 5.39. The Hall–Kier alpha value is -2.27. The Morgan fingerprint density at radius 1 is 1.36 bits per heavy atom. The average molecular weight is 299 g/mol. The van der Waals surface area contributed by atoms with Crippen LogP contribution in [0.2, 0.25) is 0 Å². The molecule has 2 aromatic rings. The maximum atomic E-state index is 13.5. The third-order valence-electron chi connectivity index (χ3n) is 3.91. The standard InChI is InChI=1S/C17H18FN3O/c1-11(19-2)16-20-15-9-8-12(18)10-14(15)17(22)21(16)13-6-4-3-5-7-13/h4,6-11,19H,3,5H2,1-2H3/t11-/m0/s1. The van der Waals surface area contributed by atoms with Crippen molar-refractivity contribution in [1.82, 2.24) is 14.9 Å². The van der Waals surface area contributed by atoms with E-state index in [-0.39, 0.29) is 11.6 Å². The van der Waals surface area contributed by atoms with Gasteiger partial charge in [-0.3, -0.25) is 9.36 Å². The number of nitrogens with zero attached hydrogens (tertiary/aromatic N) is 2. The number of nitrogens with one attached hydrogen (secondary N) is 1. The Morgan fingerprint density at radius 2 is 2.18 bits per heavy atom. The molecule has 0 radical (unpaired) electrons. The summed E-state index contributed by atoms with van der Waals surface area (Å²) in [5, 5.41) is 3.41. The highest BCUT2D eigenvalue weighted by atomic mass is 19.1. The van der Waals surface area contributed by atoms with E-state index in [4.69, 9.17) is 0 Å². The van der Waals surface area contributed by atoms with Gasteiger partial charge in [-0.05, 0) is 51.1 Å². The van der Waals surface area contributed by atoms with Crippen LogP contribution in [0.1, 0.15) is 31.6 Å². The second-order valence-electron chi connectivity index (χ2n) is 5.39. The van der Waals surface area contributed by atoms with E-state index in [2.05, 4.69) is 10.3 Å². The van der Waals surface area contributed by atoms with Crippen molar-refractivity contribution in [3.05, 3.63) is 58.4 Å². The predicted octanol–water partition coefficient (Wildman–Crippen LogP) is 3.01. The van der Waals surface area contributed by atoms with E-state index in [9.17, 15) is 9.18 Å². The summed E-state index contributed by atoms with van der Waals surface area (Å²) in [5.41, 5.74) is 1.08. The largest absolute Gasteiger partial charge is 0.311 e. The van der Waals surface area contributed by atoms with E-state index in [1.54, 1.807) is 10.6 Å². The second kappa shape index (κ2) is 5.85. The van der Waals surface area contributed by atoms with Crippen LogP contribution in [-0.2, 0) is 0 Å². The van der Waals surface area contributed by atoms with Crippen molar-refractivity contribution in [2.24, 2.45) is 0 Å². The molecule has 114 valence electrons. The van der Waals surface area contributed by atoms with Gasteiger partial charge in [0.1, 0.15) is 11.6 Å². The topological polar surface area (TPSA) is 46.9 Å². The molecule has 0 aliphatic heterocycles. The van der Waals surface area contributed by atoms with Crippen LogP contribution in [0.25, 0.3) is 16.6 Å². The van der Waals surface area contributed by atoms with Crippen LogP contribution >= 0.6 is 0 Å². The lowest BCUT2D eigenvalue weighted by molar-refractivity contribution is 0.592. The van der Waals surface area contributed by atoms with Gasteiger partial charge in [0.15, 0.2) is 0 Å². The van der Waals surface area contributed by atoms with Gasteiger partial charge in [0.25, 0.3) is 5.56 Å². The van der Waals surface area contributed by atoms with Crippen LogP contribution in [0.15, 0.2) is 41.2 Å². The summed E-state index contributed by atoms with van der Waals surface area (Å²) in [6, 6.07) is 4.03. The van der Waals surface area contributed by atoms with Crippen LogP contribution in [0.4, 0.5) is 4.39 Å². The molecule has 0 spiro atoms. The molecule has 0 amide bonds. The molecule has 1 aliphatic carbocycles. The van der Waals surface area contributed by atoms with Crippen LogP contribution in [0.3, 0.4) is 0 Å². The first-order valence-electron chi connectivity index (χ1n) is 7.38. The molecule has 0 saturated heterocycles. The van der Waals surface area contributed by atoms with Gasteiger partial charge in [-0.2, -0.15) is 0 Å². The molecule has 0 unspecified atom stereocenters. The summed E-state index contributed by atoms with van der Waals surface area (Å²) in [5.74, 6) is 0.199. The number of hydrogen-bond donors (Lipinski definition) is 1. The Labute approximate surface area is 128 Å². The fourth-order valence-electron chi connectivity index (χ4n) is 2.61. The van der Waals surface area contributed by atoms with E-state index < -0.39 is 5.82 Å². The molecule has 22 heavy (non-hydrogen) atoms. The van der Waals surface area contributed by atoms with Crippen molar-refractivity contribution in [3.8, 4) is 0 Å². The summed E-state index contributed by atoms with van der Waals surface area (Å²) in [6.45, 7) is 1.95. The van der Waals surface area contributed by atoms with Gasteiger partial charge in [0, 0.05) is 5.70 Å². The average Bonchev–Trinajstić information content (AvgIpc) is 2.55. The van der Waals surface area contributed by atoms with Gasteiger partial charge < -0.3 is 5.32 Å². The van der Waals surface area contributed by atoms with Crippen molar-refractivity contribution < 1.29 is 4.39 Å². The fourth-order valence-corrected chi connectivity index (χ4v) is 2.61. The number of benzene rings is 1. The lowest BCUT2D eigenvalue weighted by atomic mass is 10.1. The molecule has 1 aliphatic rings. The minimum absolute atomic E-state index is 0.0987. The van der Waals surface area contributed by atoms with Crippen molar-refractivity contribution in [2.75, 3.05) is 7.05 Å². The van der Waals surface area contributed by atoms with Crippen molar-refractivity contribution in [1.29, 1.82) is 0 Å². The van der Waals surface area contributed by atoms with Gasteiger partial charge in [0.05, 0.1) is 16.9 Å².